The van der Waals surface area contributed by atoms with Crippen LogP contribution in [0.4, 0.5) is 0 Å². The van der Waals surface area contributed by atoms with E-state index in [4.69, 9.17) is 13.3 Å². The molecule has 1 unspecified atom stereocenters. The van der Waals surface area contributed by atoms with Crippen LogP contribution in [0.25, 0.3) is 0 Å². The van der Waals surface area contributed by atoms with Gasteiger partial charge in [0.05, 0.1) is 0 Å². The highest BCUT2D eigenvalue weighted by atomic mass is 32.1. The maximum Gasteiger partial charge on any atom is 0.484 e. The molecule has 14 heavy (non-hydrogen) atoms. The standard InChI is InChI=1S/C9H22O3SSi/c1-4-10-14(11-5-2)12-7-6-9(3)8-13/h9,13-14H,4-8H2,1-3H3. The van der Waals surface area contributed by atoms with E-state index in [0.29, 0.717) is 19.1 Å². The summed E-state index contributed by atoms with van der Waals surface area (Å²) in [6.07, 6.45) is 1.02. The Morgan fingerprint density at radius 3 is 2.14 bits per heavy atom. The summed E-state index contributed by atoms with van der Waals surface area (Å²) in [7, 11) is -1.83. The highest BCUT2D eigenvalue weighted by molar-refractivity contribution is 7.80. The van der Waals surface area contributed by atoms with Crippen LogP contribution >= 0.6 is 12.6 Å². The Kier molecular flexibility index (Phi) is 10.3. The molecular formula is C9H22O3SSi. The van der Waals surface area contributed by atoms with Crippen LogP contribution in [0, 0.1) is 5.92 Å². The Labute approximate surface area is 94.5 Å². The van der Waals surface area contributed by atoms with Crippen molar-refractivity contribution >= 4 is 22.2 Å². The van der Waals surface area contributed by atoms with Crippen LogP contribution in [0.15, 0.2) is 0 Å². The van der Waals surface area contributed by atoms with Gasteiger partial charge in [-0.15, -0.1) is 0 Å². The van der Waals surface area contributed by atoms with Crippen LogP contribution in [0.3, 0.4) is 0 Å². The van der Waals surface area contributed by atoms with Crippen LogP contribution in [0.2, 0.25) is 0 Å². The normalized spacial score (nSPS) is 13.5. The second-order valence-corrected chi connectivity index (χ2v) is 5.09. The molecule has 0 aromatic carbocycles. The van der Waals surface area contributed by atoms with E-state index in [9.17, 15) is 0 Å². The van der Waals surface area contributed by atoms with Gasteiger partial charge in [0.1, 0.15) is 0 Å². The molecule has 0 aromatic rings. The van der Waals surface area contributed by atoms with Gasteiger partial charge in [-0.3, -0.25) is 0 Å². The van der Waals surface area contributed by atoms with Crippen molar-refractivity contribution in [3.8, 4) is 0 Å². The second-order valence-electron chi connectivity index (χ2n) is 3.15. The van der Waals surface area contributed by atoms with E-state index in [1.807, 2.05) is 13.8 Å². The Morgan fingerprint density at radius 2 is 1.71 bits per heavy atom. The second kappa shape index (κ2) is 9.98. The van der Waals surface area contributed by atoms with Gasteiger partial charge < -0.3 is 13.3 Å². The molecule has 0 heterocycles. The monoisotopic (exact) mass is 238 g/mol. The molecule has 0 saturated heterocycles. The topological polar surface area (TPSA) is 27.7 Å². The minimum Gasteiger partial charge on any atom is -0.376 e. The zero-order chi connectivity index (χ0) is 10.8. The molecule has 0 amide bonds. The number of rotatable bonds is 9. The van der Waals surface area contributed by atoms with Crippen molar-refractivity contribution < 1.29 is 13.3 Å². The van der Waals surface area contributed by atoms with E-state index in [1.54, 1.807) is 0 Å². The van der Waals surface area contributed by atoms with Crippen LogP contribution in [-0.4, -0.2) is 35.1 Å². The van der Waals surface area contributed by atoms with Crippen molar-refractivity contribution in [1.29, 1.82) is 0 Å². The molecule has 0 rings (SSSR count). The third kappa shape index (κ3) is 7.81. The van der Waals surface area contributed by atoms with Gasteiger partial charge in [0, 0.05) is 19.8 Å². The van der Waals surface area contributed by atoms with Gasteiger partial charge in [-0.25, -0.2) is 0 Å². The third-order valence-corrected chi connectivity index (χ3v) is 4.12. The lowest BCUT2D eigenvalue weighted by molar-refractivity contribution is 0.0981. The van der Waals surface area contributed by atoms with E-state index in [-0.39, 0.29) is 0 Å². The predicted octanol–water partition coefficient (Wildman–Crippen LogP) is 1.75. The van der Waals surface area contributed by atoms with Gasteiger partial charge in [0.2, 0.25) is 0 Å². The van der Waals surface area contributed by atoms with Crippen LogP contribution in [-0.2, 0) is 13.3 Å². The van der Waals surface area contributed by atoms with Crippen LogP contribution in [0.1, 0.15) is 27.2 Å². The largest absolute Gasteiger partial charge is 0.484 e. The number of hydrogen-bond donors (Lipinski definition) is 1. The first kappa shape index (κ1) is 14.4. The van der Waals surface area contributed by atoms with E-state index in [0.717, 1.165) is 18.8 Å². The Hall–Kier alpha value is 0.447. The van der Waals surface area contributed by atoms with E-state index < -0.39 is 9.53 Å². The highest BCUT2D eigenvalue weighted by Crippen LogP contribution is 2.04. The van der Waals surface area contributed by atoms with Crippen molar-refractivity contribution in [2.24, 2.45) is 5.92 Å². The van der Waals surface area contributed by atoms with Crippen LogP contribution in [0.5, 0.6) is 0 Å². The fourth-order valence-corrected chi connectivity index (χ4v) is 2.22. The molecular weight excluding hydrogens is 216 g/mol. The van der Waals surface area contributed by atoms with Crippen molar-refractivity contribution in [1.82, 2.24) is 0 Å². The minimum atomic E-state index is -1.83. The molecule has 0 radical (unpaired) electrons. The summed E-state index contributed by atoms with van der Waals surface area (Å²) in [4.78, 5) is 0. The summed E-state index contributed by atoms with van der Waals surface area (Å²) in [5.74, 6) is 1.50. The van der Waals surface area contributed by atoms with E-state index in [2.05, 4.69) is 19.6 Å². The first-order valence-corrected chi connectivity index (χ1v) is 7.24. The highest BCUT2D eigenvalue weighted by Gasteiger charge is 2.13. The summed E-state index contributed by atoms with van der Waals surface area (Å²) < 4.78 is 16.3. The van der Waals surface area contributed by atoms with Gasteiger partial charge in [-0.2, -0.15) is 12.6 Å². The Bertz CT molecular complexity index is 121. The maximum absolute atomic E-state index is 5.56. The van der Waals surface area contributed by atoms with Crippen molar-refractivity contribution in [2.45, 2.75) is 27.2 Å². The molecule has 5 heteroatoms. The molecule has 0 aliphatic carbocycles. The Morgan fingerprint density at radius 1 is 1.14 bits per heavy atom. The summed E-state index contributed by atoms with van der Waals surface area (Å²) in [5.41, 5.74) is 0. The third-order valence-electron chi connectivity index (χ3n) is 1.78. The maximum atomic E-state index is 5.56. The molecule has 0 bridgehead atoms. The lowest BCUT2D eigenvalue weighted by Crippen LogP contribution is -2.28. The average Bonchev–Trinajstić information content (AvgIpc) is 2.18. The lowest BCUT2D eigenvalue weighted by atomic mass is 10.1. The summed E-state index contributed by atoms with van der Waals surface area (Å²) in [6, 6.07) is 0. The van der Waals surface area contributed by atoms with Gasteiger partial charge in [0.25, 0.3) is 0 Å². The Balaban J connectivity index is 3.49. The van der Waals surface area contributed by atoms with Gasteiger partial charge in [0.15, 0.2) is 0 Å². The molecule has 1 atom stereocenters. The molecule has 0 fully saturated rings. The van der Waals surface area contributed by atoms with Crippen LogP contribution < -0.4 is 0 Å². The average molecular weight is 238 g/mol. The lowest BCUT2D eigenvalue weighted by Gasteiger charge is -2.15. The van der Waals surface area contributed by atoms with Crippen molar-refractivity contribution in [2.75, 3.05) is 25.6 Å². The molecule has 0 aromatic heterocycles. The first-order chi connectivity index (χ1) is 6.74. The predicted molar refractivity (Wildman–Crippen MR) is 64.0 cm³/mol. The summed E-state index contributed by atoms with van der Waals surface area (Å²) >= 11 is 4.22. The smallest absolute Gasteiger partial charge is 0.376 e. The quantitative estimate of drug-likeness (QED) is 0.490. The van der Waals surface area contributed by atoms with E-state index >= 15 is 0 Å². The van der Waals surface area contributed by atoms with Crippen molar-refractivity contribution in [3.63, 3.8) is 0 Å². The molecule has 0 aliphatic rings. The molecule has 0 aliphatic heterocycles. The van der Waals surface area contributed by atoms with Crippen molar-refractivity contribution in [3.05, 3.63) is 0 Å². The SMILES string of the molecule is CCO[SiH](OCC)OCCC(C)CS. The van der Waals surface area contributed by atoms with Gasteiger partial charge in [-0.05, 0) is 31.9 Å². The molecule has 0 saturated carbocycles. The van der Waals surface area contributed by atoms with Gasteiger partial charge >= 0.3 is 9.53 Å². The summed E-state index contributed by atoms with van der Waals surface area (Å²) in [5, 5.41) is 0. The fourth-order valence-electron chi connectivity index (χ4n) is 0.873. The van der Waals surface area contributed by atoms with E-state index in [1.165, 1.54) is 0 Å². The number of thiol groups is 1. The zero-order valence-electron chi connectivity index (χ0n) is 9.36. The number of hydrogen-bond acceptors (Lipinski definition) is 4. The summed E-state index contributed by atoms with van der Waals surface area (Å²) in [6.45, 7) is 8.13. The molecule has 0 spiro atoms. The fraction of sp³-hybridized carbons (Fsp3) is 1.00. The minimum absolute atomic E-state index is 0.594. The zero-order valence-corrected chi connectivity index (χ0v) is 11.4. The van der Waals surface area contributed by atoms with Gasteiger partial charge in [-0.1, -0.05) is 6.92 Å². The first-order valence-electron chi connectivity index (χ1n) is 5.20. The molecule has 86 valence electrons. The molecule has 0 N–H and O–H groups in total. The molecule has 3 nitrogen and oxygen atoms in total.